The van der Waals surface area contributed by atoms with Gasteiger partial charge in [-0.2, -0.15) is 0 Å². The lowest BCUT2D eigenvalue weighted by Gasteiger charge is -2.33. The van der Waals surface area contributed by atoms with Crippen LogP contribution in [0.2, 0.25) is 0 Å². The van der Waals surface area contributed by atoms with Crippen LogP contribution in [0.3, 0.4) is 0 Å². The van der Waals surface area contributed by atoms with Gasteiger partial charge in [0.25, 0.3) is 5.91 Å². The predicted octanol–water partition coefficient (Wildman–Crippen LogP) is 1.93. The number of hydrogen-bond donors (Lipinski definition) is 2. The Morgan fingerprint density at radius 3 is 2.83 bits per heavy atom. The van der Waals surface area contributed by atoms with Crippen molar-refractivity contribution in [2.45, 2.75) is 57.0 Å². The standard InChI is InChI=1S/C18H25N3O2S/c1-13-6-8-18(9-7-13)16(22)21(17(23)19-18)12-20-10-2-4-14(20)15-5-3-11-24-15/h3,5,11,13-14H,2,4,6-10,12H2,1H3,(H,19,23)/p+1/t13?,14-,18?/m0/s1. The Bertz CT molecular complexity index is 622. The van der Waals surface area contributed by atoms with E-state index in [0.717, 1.165) is 45.1 Å². The fraction of sp³-hybridized carbons (Fsp3) is 0.667. The number of urea groups is 1. The van der Waals surface area contributed by atoms with Gasteiger partial charge in [-0.1, -0.05) is 13.0 Å². The molecule has 130 valence electrons. The van der Waals surface area contributed by atoms with Gasteiger partial charge >= 0.3 is 6.03 Å². The lowest BCUT2D eigenvalue weighted by molar-refractivity contribution is -0.925. The zero-order valence-electron chi connectivity index (χ0n) is 14.2. The predicted molar refractivity (Wildman–Crippen MR) is 92.7 cm³/mol. The molecular formula is C18H26N3O2S+. The quantitative estimate of drug-likeness (QED) is 0.820. The highest BCUT2D eigenvalue weighted by atomic mass is 32.1. The average Bonchev–Trinajstić information content (AvgIpc) is 3.28. The van der Waals surface area contributed by atoms with E-state index in [4.69, 9.17) is 0 Å². The van der Waals surface area contributed by atoms with Crippen molar-refractivity contribution in [3.8, 4) is 0 Å². The summed E-state index contributed by atoms with van der Waals surface area (Å²) in [4.78, 5) is 29.7. The van der Waals surface area contributed by atoms with Crippen LogP contribution in [0.15, 0.2) is 17.5 Å². The van der Waals surface area contributed by atoms with Crippen molar-refractivity contribution in [2.75, 3.05) is 13.2 Å². The molecule has 1 aliphatic carbocycles. The van der Waals surface area contributed by atoms with Crippen molar-refractivity contribution >= 4 is 23.3 Å². The lowest BCUT2D eigenvalue weighted by Crippen LogP contribution is -3.12. The van der Waals surface area contributed by atoms with Gasteiger partial charge in [0, 0.05) is 12.8 Å². The van der Waals surface area contributed by atoms with Gasteiger partial charge in [0.05, 0.1) is 11.4 Å². The fourth-order valence-electron chi connectivity index (χ4n) is 4.55. The number of amides is 3. The van der Waals surface area contributed by atoms with Crippen LogP contribution in [-0.4, -0.2) is 35.6 Å². The minimum atomic E-state index is -0.610. The van der Waals surface area contributed by atoms with E-state index in [1.54, 1.807) is 11.3 Å². The second-order valence-electron chi connectivity index (χ2n) is 7.70. The third-order valence-electron chi connectivity index (χ3n) is 6.11. The minimum absolute atomic E-state index is 0.0173. The zero-order chi connectivity index (χ0) is 16.7. The van der Waals surface area contributed by atoms with Crippen LogP contribution in [0.5, 0.6) is 0 Å². The van der Waals surface area contributed by atoms with E-state index >= 15 is 0 Å². The molecule has 1 unspecified atom stereocenters. The first-order valence-corrected chi connectivity index (χ1v) is 9.99. The molecule has 3 aliphatic rings. The maximum absolute atomic E-state index is 13.0. The molecule has 24 heavy (non-hydrogen) atoms. The number of quaternary nitrogens is 1. The van der Waals surface area contributed by atoms with Crippen molar-refractivity contribution in [3.63, 3.8) is 0 Å². The Morgan fingerprint density at radius 1 is 1.33 bits per heavy atom. The fourth-order valence-corrected chi connectivity index (χ4v) is 5.47. The summed E-state index contributed by atoms with van der Waals surface area (Å²) in [5.74, 6) is 0.672. The van der Waals surface area contributed by atoms with Crippen LogP contribution in [0.1, 0.15) is 56.4 Å². The molecule has 0 radical (unpaired) electrons. The van der Waals surface area contributed by atoms with Gasteiger partial charge in [-0.05, 0) is 43.0 Å². The molecule has 1 spiro atoms. The summed E-state index contributed by atoms with van der Waals surface area (Å²) in [5, 5.41) is 5.15. The normalized spacial score (nSPS) is 36.5. The van der Waals surface area contributed by atoms with Crippen LogP contribution in [-0.2, 0) is 4.79 Å². The molecule has 5 nitrogen and oxygen atoms in total. The van der Waals surface area contributed by atoms with E-state index in [9.17, 15) is 9.59 Å². The second kappa shape index (κ2) is 6.15. The molecule has 2 aliphatic heterocycles. The first-order chi connectivity index (χ1) is 11.6. The van der Waals surface area contributed by atoms with E-state index < -0.39 is 5.54 Å². The highest BCUT2D eigenvalue weighted by Crippen LogP contribution is 2.36. The van der Waals surface area contributed by atoms with E-state index in [2.05, 4.69) is 29.8 Å². The third-order valence-corrected chi connectivity index (χ3v) is 7.09. The minimum Gasteiger partial charge on any atom is -0.323 e. The molecule has 3 heterocycles. The van der Waals surface area contributed by atoms with Gasteiger partial charge in [-0.3, -0.25) is 4.79 Å². The van der Waals surface area contributed by atoms with Crippen LogP contribution in [0.4, 0.5) is 4.79 Å². The molecule has 3 fully saturated rings. The number of carbonyl (C=O) groups is 2. The number of nitrogens with one attached hydrogen (secondary N) is 2. The highest BCUT2D eigenvalue weighted by Gasteiger charge is 2.53. The Balaban J connectivity index is 1.48. The maximum atomic E-state index is 13.0. The molecule has 0 aromatic carbocycles. The summed E-state index contributed by atoms with van der Waals surface area (Å²) in [6.07, 6.45) is 5.92. The molecule has 4 rings (SSSR count). The number of nitrogens with zero attached hydrogens (tertiary/aromatic N) is 1. The number of carbonyl (C=O) groups excluding carboxylic acids is 2. The topological polar surface area (TPSA) is 53.9 Å². The van der Waals surface area contributed by atoms with Gasteiger partial charge in [0.15, 0.2) is 6.67 Å². The van der Waals surface area contributed by atoms with E-state index in [-0.39, 0.29) is 11.9 Å². The molecule has 2 saturated heterocycles. The van der Waals surface area contributed by atoms with Gasteiger partial charge in [-0.15, -0.1) is 11.3 Å². The molecular weight excluding hydrogens is 322 g/mol. The SMILES string of the molecule is CC1CCC2(CC1)NC(=O)N(C[NH+]1CCC[C@H]1c1cccs1)C2=O. The Hall–Kier alpha value is -1.40. The maximum Gasteiger partial charge on any atom is 0.329 e. The number of likely N-dealkylation sites (tertiary alicyclic amines) is 1. The Kier molecular flexibility index (Phi) is 4.12. The van der Waals surface area contributed by atoms with Crippen molar-refractivity contribution in [1.29, 1.82) is 0 Å². The number of imide groups is 1. The average molecular weight is 348 g/mol. The van der Waals surface area contributed by atoms with Crippen LogP contribution in [0.25, 0.3) is 0 Å². The number of hydrogen-bond acceptors (Lipinski definition) is 3. The summed E-state index contributed by atoms with van der Waals surface area (Å²) < 4.78 is 0. The molecule has 3 amide bonds. The summed E-state index contributed by atoms with van der Waals surface area (Å²) in [6, 6.07) is 4.51. The van der Waals surface area contributed by atoms with Crippen molar-refractivity contribution < 1.29 is 14.5 Å². The van der Waals surface area contributed by atoms with E-state index in [1.165, 1.54) is 14.7 Å². The smallest absolute Gasteiger partial charge is 0.323 e. The number of thiophene rings is 1. The Labute approximate surface area is 147 Å². The first kappa shape index (κ1) is 16.1. The highest BCUT2D eigenvalue weighted by molar-refractivity contribution is 7.10. The van der Waals surface area contributed by atoms with Crippen molar-refractivity contribution in [1.82, 2.24) is 10.2 Å². The molecule has 2 atom stereocenters. The molecule has 1 saturated carbocycles. The van der Waals surface area contributed by atoms with Crippen LogP contribution >= 0.6 is 11.3 Å². The summed E-state index contributed by atoms with van der Waals surface area (Å²) in [5.41, 5.74) is -0.610. The van der Waals surface area contributed by atoms with Gasteiger partial charge in [0.1, 0.15) is 11.6 Å². The number of rotatable bonds is 3. The molecule has 1 aromatic rings. The van der Waals surface area contributed by atoms with Gasteiger partial charge in [0.2, 0.25) is 0 Å². The lowest BCUT2D eigenvalue weighted by atomic mass is 9.77. The van der Waals surface area contributed by atoms with Crippen LogP contribution in [0, 0.1) is 5.92 Å². The third kappa shape index (κ3) is 2.65. The second-order valence-corrected chi connectivity index (χ2v) is 8.68. The first-order valence-electron chi connectivity index (χ1n) is 9.11. The molecule has 6 heteroatoms. The molecule has 1 aromatic heterocycles. The monoisotopic (exact) mass is 348 g/mol. The van der Waals surface area contributed by atoms with Crippen molar-refractivity contribution in [3.05, 3.63) is 22.4 Å². The zero-order valence-corrected chi connectivity index (χ0v) is 15.0. The van der Waals surface area contributed by atoms with Crippen molar-refractivity contribution in [2.24, 2.45) is 5.92 Å². The summed E-state index contributed by atoms with van der Waals surface area (Å²) in [6.45, 7) is 3.76. The molecule has 0 bridgehead atoms. The van der Waals surface area contributed by atoms with Gasteiger partial charge < -0.3 is 10.2 Å². The van der Waals surface area contributed by atoms with E-state index in [0.29, 0.717) is 18.6 Å². The Morgan fingerprint density at radius 2 is 2.12 bits per heavy atom. The largest absolute Gasteiger partial charge is 0.329 e. The van der Waals surface area contributed by atoms with E-state index in [1.807, 2.05) is 0 Å². The molecule has 2 N–H and O–H groups in total. The van der Waals surface area contributed by atoms with Crippen LogP contribution < -0.4 is 10.2 Å². The summed E-state index contributed by atoms with van der Waals surface area (Å²) in [7, 11) is 0. The van der Waals surface area contributed by atoms with Gasteiger partial charge in [-0.25, -0.2) is 9.69 Å². The summed E-state index contributed by atoms with van der Waals surface area (Å²) >= 11 is 1.78.